The number of benzene rings is 1. The summed E-state index contributed by atoms with van der Waals surface area (Å²) in [4.78, 5) is 11.5. The van der Waals surface area contributed by atoms with Crippen molar-refractivity contribution in [2.75, 3.05) is 10.6 Å². The van der Waals surface area contributed by atoms with Crippen LogP contribution in [0.3, 0.4) is 0 Å². The summed E-state index contributed by atoms with van der Waals surface area (Å²) in [6.07, 6.45) is 1.29. The molecule has 0 aliphatic carbocycles. The number of aromatic nitrogens is 2. The number of anilines is 2. The molecule has 2 N–H and O–H groups in total. The van der Waals surface area contributed by atoms with Gasteiger partial charge >= 0.3 is 0 Å². The maximum atomic E-state index is 12.5. The number of carbonyl (C=O) groups is 1. The normalized spacial score (nSPS) is 14.3. The average Bonchev–Trinajstić information content (AvgIpc) is 2.84. The smallest absolute Gasteiger partial charge is 0.257 e. The minimum absolute atomic E-state index is 0.0420. The molecule has 23 heavy (non-hydrogen) atoms. The zero-order chi connectivity index (χ0) is 16.2. The third-order valence-corrected chi connectivity index (χ3v) is 3.82. The highest BCUT2D eigenvalue weighted by Crippen LogP contribution is 2.25. The number of halogens is 2. The van der Waals surface area contributed by atoms with Crippen molar-refractivity contribution in [1.82, 2.24) is 9.78 Å². The van der Waals surface area contributed by atoms with Crippen molar-refractivity contribution in [1.29, 1.82) is 0 Å². The first kappa shape index (κ1) is 15.5. The second-order valence-electron chi connectivity index (χ2n) is 5.52. The average molecular weight is 320 g/mol. The number of fused-ring (bicyclic) bond motifs is 1. The molecule has 1 aliphatic heterocycles. The zero-order valence-electron chi connectivity index (χ0n) is 12.6. The van der Waals surface area contributed by atoms with Gasteiger partial charge in [-0.1, -0.05) is 0 Å². The van der Waals surface area contributed by atoms with Crippen LogP contribution in [0.1, 0.15) is 24.1 Å². The van der Waals surface area contributed by atoms with Crippen LogP contribution in [0.25, 0.3) is 0 Å². The monoisotopic (exact) mass is 320 g/mol. The second-order valence-corrected chi connectivity index (χ2v) is 5.52. The Kier molecular flexibility index (Phi) is 4.55. The number of amides is 1. The van der Waals surface area contributed by atoms with Crippen LogP contribution in [0.4, 0.5) is 20.2 Å². The molecule has 0 saturated heterocycles. The summed E-state index contributed by atoms with van der Waals surface area (Å²) in [6, 6.07) is 7.46. The van der Waals surface area contributed by atoms with E-state index in [0.717, 1.165) is 29.8 Å². The molecule has 7 heteroatoms. The number of aryl methyl sites for hydroxylation is 1. The molecule has 0 atom stereocenters. The Labute approximate surface area is 132 Å². The summed E-state index contributed by atoms with van der Waals surface area (Å²) >= 11 is 0. The van der Waals surface area contributed by atoms with Crippen molar-refractivity contribution in [2.45, 2.75) is 38.8 Å². The molecular weight excluding hydrogens is 302 g/mol. The van der Waals surface area contributed by atoms with Gasteiger partial charge in [-0.15, -0.1) is 0 Å². The minimum Gasteiger partial charge on any atom is -0.379 e. The second kappa shape index (κ2) is 6.76. The number of alkyl halides is 2. The van der Waals surface area contributed by atoms with Gasteiger partial charge in [-0.2, -0.15) is 5.10 Å². The van der Waals surface area contributed by atoms with Crippen LogP contribution in [-0.4, -0.2) is 22.1 Å². The number of carbonyl (C=O) groups excluding carboxylic acids is 1. The van der Waals surface area contributed by atoms with E-state index in [1.807, 2.05) is 18.2 Å². The molecule has 0 bridgehead atoms. The van der Waals surface area contributed by atoms with Gasteiger partial charge in [-0.05, 0) is 42.7 Å². The SMILES string of the molecule is O=C1CCCc2cc(NCc3ccnn3CC(F)F)ccc2N1. The Balaban J connectivity index is 1.68. The standard InChI is InChI=1S/C16H18F2N4O/c17-15(18)10-22-13(6-7-20-22)9-19-12-4-5-14-11(8-12)2-1-3-16(23)21-14/h4-8,15,19H,1-3,9-10H2,(H,21,23). The van der Waals surface area contributed by atoms with Crippen molar-refractivity contribution in [3.05, 3.63) is 41.7 Å². The van der Waals surface area contributed by atoms with Crippen LogP contribution < -0.4 is 10.6 Å². The van der Waals surface area contributed by atoms with E-state index in [4.69, 9.17) is 0 Å². The summed E-state index contributed by atoms with van der Waals surface area (Å²) in [5.74, 6) is 0.0420. The highest BCUT2D eigenvalue weighted by molar-refractivity contribution is 5.92. The highest BCUT2D eigenvalue weighted by atomic mass is 19.3. The van der Waals surface area contributed by atoms with Gasteiger partial charge in [0, 0.05) is 24.0 Å². The number of nitrogens with zero attached hydrogens (tertiary/aromatic N) is 2. The quantitative estimate of drug-likeness (QED) is 0.890. The Hall–Kier alpha value is -2.44. The van der Waals surface area contributed by atoms with Gasteiger partial charge in [-0.3, -0.25) is 9.48 Å². The van der Waals surface area contributed by atoms with Crippen LogP contribution in [0, 0.1) is 0 Å². The van der Waals surface area contributed by atoms with E-state index in [-0.39, 0.29) is 5.91 Å². The maximum Gasteiger partial charge on any atom is 0.257 e. The summed E-state index contributed by atoms with van der Waals surface area (Å²) in [5.41, 5.74) is 3.53. The lowest BCUT2D eigenvalue weighted by Crippen LogP contribution is -2.14. The van der Waals surface area contributed by atoms with Crippen molar-refractivity contribution < 1.29 is 13.6 Å². The van der Waals surface area contributed by atoms with Crippen LogP contribution >= 0.6 is 0 Å². The molecular formula is C16H18F2N4O. The first-order chi connectivity index (χ1) is 11.1. The molecule has 122 valence electrons. The molecule has 1 aliphatic rings. The number of nitrogens with one attached hydrogen (secondary N) is 2. The first-order valence-corrected chi connectivity index (χ1v) is 7.57. The van der Waals surface area contributed by atoms with Crippen LogP contribution in [0.5, 0.6) is 0 Å². The summed E-state index contributed by atoms with van der Waals surface area (Å²) in [5, 5.41) is 10.0. The third-order valence-electron chi connectivity index (χ3n) is 3.82. The van der Waals surface area contributed by atoms with Crippen LogP contribution in [0.15, 0.2) is 30.5 Å². The van der Waals surface area contributed by atoms with Crippen LogP contribution in [-0.2, 0) is 24.3 Å². The topological polar surface area (TPSA) is 59.0 Å². The van der Waals surface area contributed by atoms with E-state index in [0.29, 0.717) is 18.7 Å². The van der Waals surface area contributed by atoms with E-state index in [9.17, 15) is 13.6 Å². The Morgan fingerprint density at radius 1 is 1.30 bits per heavy atom. The van der Waals surface area contributed by atoms with Gasteiger partial charge in [0.2, 0.25) is 5.91 Å². The van der Waals surface area contributed by atoms with Gasteiger partial charge in [-0.25, -0.2) is 8.78 Å². The predicted molar refractivity (Wildman–Crippen MR) is 83.6 cm³/mol. The molecule has 5 nitrogen and oxygen atoms in total. The lowest BCUT2D eigenvalue weighted by molar-refractivity contribution is -0.116. The molecule has 0 spiro atoms. The predicted octanol–water partition coefficient (Wildman–Crippen LogP) is 3.04. The lowest BCUT2D eigenvalue weighted by atomic mass is 10.1. The van der Waals surface area contributed by atoms with E-state index in [2.05, 4.69) is 15.7 Å². The number of hydrogen-bond acceptors (Lipinski definition) is 3. The minimum atomic E-state index is -2.43. The molecule has 0 radical (unpaired) electrons. The molecule has 2 heterocycles. The van der Waals surface area contributed by atoms with Crippen LogP contribution in [0.2, 0.25) is 0 Å². The summed E-state index contributed by atoms with van der Waals surface area (Å²) in [7, 11) is 0. The molecule has 0 saturated carbocycles. The fourth-order valence-corrected chi connectivity index (χ4v) is 2.68. The van der Waals surface area contributed by atoms with Gasteiger partial charge < -0.3 is 10.6 Å². The molecule has 1 amide bonds. The number of rotatable bonds is 5. The summed E-state index contributed by atoms with van der Waals surface area (Å²) in [6.45, 7) is 0.0120. The van der Waals surface area contributed by atoms with Gasteiger partial charge in [0.05, 0.1) is 12.2 Å². The van der Waals surface area contributed by atoms with Gasteiger partial charge in [0.15, 0.2) is 0 Å². The van der Waals surface area contributed by atoms with E-state index in [1.165, 1.54) is 10.9 Å². The van der Waals surface area contributed by atoms with E-state index < -0.39 is 13.0 Å². The van der Waals surface area contributed by atoms with Crippen molar-refractivity contribution in [3.8, 4) is 0 Å². The number of hydrogen-bond donors (Lipinski definition) is 2. The highest BCUT2D eigenvalue weighted by Gasteiger charge is 2.13. The molecule has 3 rings (SSSR count). The lowest BCUT2D eigenvalue weighted by Gasteiger charge is -2.12. The molecule has 1 aromatic carbocycles. The Bertz CT molecular complexity index is 699. The van der Waals surface area contributed by atoms with E-state index in [1.54, 1.807) is 6.07 Å². The van der Waals surface area contributed by atoms with Gasteiger partial charge in [0.25, 0.3) is 6.43 Å². The third kappa shape index (κ3) is 3.85. The summed E-state index contributed by atoms with van der Waals surface area (Å²) < 4.78 is 26.3. The van der Waals surface area contributed by atoms with E-state index >= 15 is 0 Å². The Morgan fingerprint density at radius 3 is 3.00 bits per heavy atom. The zero-order valence-corrected chi connectivity index (χ0v) is 12.6. The molecule has 0 fully saturated rings. The largest absolute Gasteiger partial charge is 0.379 e. The fraction of sp³-hybridized carbons (Fsp3) is 0.375. The molecule has 1 aromatic heterocycles. The van der Waals surface area contributed by atoms with Crippen molar-refractivity contribution in [3.63, 3.8) is 0 Å². The maximum absolute atomic E-state index is 12.5. The van der Waals surface area contributed by atoms with Crippen molar-refractivity contribution in [2.24, 2.45) is 0 Å². The Morgan fingerprint density at radius 2 is 2.17 bits per heavy atom. The first-order valence-electron chi connectivity index (χ1n) is 7.57. The molecule has 0 unspecified atom stereocenters. The van der Waals surface area contributed by atoms with Gasteiger partial charge in [0.1, 0.15) is 6.54 Å². The molecule has 2 aromatic rings. The fourth-order valence-electron chi connectivity index (χ4n) is 2.68. The van der Waals surface area contributed by atoms with Crippen molar-refractivity contribution >= 4 is 17.3 Å².